The van der Waals surface area contributed by atoms with Crippen LogP contribution in [-0.4, -0.2) is 31.7 Å². The maximum Gasteiger partial charge on any atom is 0.296 e. The van der Waals surface area contributed by atoms with Crippen LogP contribution in [0.1, 0.15) is 23.0 Å². The van der Waals surface area contributed by atoms with Gasteiger partial charge in [0.2, 0.25) is 0 Å². The second kappa shape index (κ2) is 7.97. The molecule has 0 spiro atoms. The molecule has 144 valence electrons. The van der Waals surface area contributed by atoms with E-state index in [-0.39, 0.29) is 17.9 Å². The average Bonchev–Trinajstić information content (AvgIpc) is 3.00. The van der Waals surface area contributed by atoms with Gasteiger partial charge in [0.05, 0.1) is 23.5 Å². The summed E-state index contributed by atoms with van der Waals surface area (Å²) in [6.07, 6.45) is 3.22. The van der Waals surface area contributed by atoms with Gasteiger partial charge in [0.1, 0.15) is 11.8 Å². The van der Waals surface area contributed by atoms with Crippen molar-refractivity contribution >= 4 is 33.4 Å². The first-order valence-electron chi connectivity index (χ1n) is 8.91. The number of amides is 1. The molecule has 1 N–H and O–H groups in total. The highest BCUT2D eigenvalue weighted by Gasteiger charge is 2.46. The van der Waals surface area contributed by atoms with Gasteiger partial charge in [0.15, 0.2) is 0 Å². The Morgan fingerprint density at radius 3 is 2.28 bits per heavy atom. The molecule has 0 bridgehead atoms. The van der Waals surface area contributed by atoms with Crippen LogP contribution >= 0.6 is 15.9 Å². The molecule has 1 unspecified atom stereocenters. The monoisotopic (exact) mass is 449 g/mol. The van der Waals surface area contributed by atoms with Crippen molar-refractivity contribution in [1.82, 2.24) is 14.9 Å². The Morgan fingerprint density at radius 2 is 1.66 bits per heavy atom. The number of Topliss-reactive ketones (excluding diaryl/α,β-unsaturated/α-hetero) is 1. The van der Waals surface area contributed by atoms with Crippen molar-refractivity contribution in [1.29, 1.82) is 0 Å². The van der Waals surface area contributed by atoms with E-state index in [2.05, 4.69) is 25.9 Å². The predicted molar refractivity (Wildman–Crippen MR) is 110 cm³/mol. The third-order valence-corrected chi connectivity index (χ3v) is 5.21. The highest BCUT2D eigenvalue weighted by atomic mass is 79.9. The number of rotatable bonds is 4. The largest absolute Gasteiger partial charge is 0.507 e. The summed E-state index contributed by atoms with van der Waals surface area (Å²) in [4.78, 5) is 35.8. The van der Waals surface area contributed by atoms with Gasteiger partial charge in [0.25, 0.3) is 11.7 Å². The van der Waals surface area contributed by atoms with E-state index in [4.69, 9.17) is 0 Å². The number of hydrogen-bond donors (Lipinski definition) is 1. The Hall–Kier alpha value is -3.32. The topological polar surface area (TPSA) is 83.4 Å². The second-order valence-corrected chi connectivity index (χ2v) is 7.43. The first-order chi connectivity index (χ1) is 14.1. The van der Waals surface area contributed by atoms with E-state index in [9.17, 15) is 14.7 Å². The van der Waals surface area contributed by atoms with Crippen LogP contribution in [0.25, 0.3) is 5.76 Å². The van der Waals surface area contributed by atoms with Gasteiger partial charge in [-0.1, -0.05) is 40.2 Å². The van der Waals surface area contributed by atoms with Gasteiger partial charge in [-0.3, -0.25) is 19.6 Å². The van der Waals surface area contributed by atoms with Crippen molar-refractivity contribution < 1.29 is 14.7 Å². The third kappa shape index (κ3) is 3.69. The Balaban J connectivity index is 1.85. The molecule has 1 fully saturated rings. The molecule has 2 aromatic heterocycles. The summed E-state index contributed by atoms with van der Waals surface area (Å²) in [6, 6.07) is 16.7. The number of halogens is 1. The van der Waals surface area contributed by atoms with Gasteiger partial charge in [-0.25, -0.2) is 0 Å². The van der Waals surface area contributed by atoms with Crippen molar-refractivity contribution in [2.45, 2.75) is 12.6 Å². The van der Waals surface area contributed by atoms with Crippen molar-refractivity contribution in [3.05, 3.63) is 100 Å². The molecule has 29 heavy (non-hydrogen) atoms. The second-order valence-electron chi connectivity index (χ2n) is 6.51. The first kappa shape index (κ1) is 19.0. The number of carbonyl (C=O) groups excluding carboxylic acids is 2. The molecule has 3 aromatic rings. The minimum atomic E-state index is -0.804. The van der Waals surface area contributed by atoms with E-state index in [0.29, 0.717) is 17.0 Å². The average molecular weight is 450 g/mol. The van der Waals surface area contributed by atoms with E-state index in [1.54, 1.807) is 67.0 Å². The third-order valence-electron chi connectivity index (χ3n) is 4.68. The fourth-order valence-electron chi connectivity index (χ4n) is 3.32. The lowest BCUT2D eigenvalue weighted by Crippen LogP contribution is -2.29. The van der Waals surface area contributed by atoms with Crippen molar-refractivity contribution in [2.75, 3.05) is 0 Å². The number of carbonyl (C=O) groups is 2. The van der Waals surface area contributed by atoms with Gasteiger partial charge in [-0.05, 0) is 36.4 Å². The number of aliphatic hydroxyl groups excluding tert-OH is 1. The van der Waals surface area contributed by atoms with Gasteiger partial charge >= 0.3 is 0 Å². The summed E-state index contributed by atoms with van der Waals surface area (Å²) in [7, 11) is 0. The Morgan fingerprint density at radius 1 is 0.966 bits per heavy atom. The van der Waals surface area contributed by atoms with E-state index < -0.39 is 17.7 Å². The summed E-state index contributed by atoms with van der Waals surface area (Å²) < 4.78 is 0.839. The molecule has 0 saturated carbocycles. The lowest BCUT2D eigenvalue weighted by Gasteiger charge is -2.24. The van der Waals surface area contributed by atoms with Crippen LogP contribution in [0.5, 0.6) is 0 Å². The standard InChI is InChI=1S/C22H16BrN3O3/c23-15-9-7-14(8-10-15)20(27)18-19(17-6-2-4-12-25-17)26(22(29)21(18)28)13-16-5-1-3-11-24-16/h1-12,19,27H,13H2/b20-18-. The lowest BCUT2D eigenvalue weighted by molar-refractivity contribution is -0.140. The van der Waals surface area contributed by atoms with Crippen molar-refractivity contribution in [2.24, 2.45) is 0 Å². The van der Waals surface area contributed by atoms with Crippen LogP contribution in [0, 0.1) is 0 Å². The zero-order chi connectivity index (χ0) is 20.4. The van der Waals surface area contributed by atoms with Gasteiger partial charge in [-0.15, -0.1) is 0 Å². The quantitative estimate of drug-likeness (QED) is 0.371. The van der Waals surface area contributed by atoms with E-state index in [0.717, 1.165) is 4.47 Å². The summed E-state index contributed by atoms with van der Waals surface area (Å²) >= 11 is 3.35. The van der Waals surface area contributed by atoms with Gasteiger partial charge in [0, 0.05) is 22.4 Å². The minimum absolute atomic E-state index is 0.0203. The van der Waals surface area contributed by atoms with Gasteiger partial charge < -0.3 is 10.0 Å². The minimum Gasteiger partial charge on any atom is -0.507 e. The molecule has 0 aliphatic carbocycles. The van der Waals surface area contributed by atoms with Crippen LogP contribution < -0.4 is 0 Å². The molecule has 1 amide bonds. The molecule has 0 radical (unpaired) electrons. The number of likely N-dealkylation sites (tertiary alicyclic amines) is 1. The molecule has 4 rings (SSSR count). The number of pyridine rings is 2. The fraction of sp³-hybridized carbons (Fsp3) is 0.0909. The van der Waals surface area contributed by atoms with Crippen LogP contribution in [0.3, 0.4) is 0 Å². The molecule has 1 saturated heterocycles. The summed E-state index contributed by atoms with van der Waals surface area (Å²) in [5.41, 5.74) is 1.61. The number of ketones is 1. The van der Waals surface area contributed by atoms with E-state index in [1.807, 2.05) is 6.07 Å². The smallest absolute Gasteiger partial charge is 0.296 e. The molecule has 1 aromatic carbocycles. The predicted octanol–water partition coefficient (Wildman–Crippen LogP) is 3.86. The molecule has 1 atom stereocenters. The normalized spacial score (nSPS) is 18.2. The number of nitrogens with zero attached hydrogens (tertiary/aromatic N) is 3. The van der Waals surface area contributed by atoms with E-state index >= 15 is 0 Å². The maximum absolute atomic E-state index is 12.9. The van der Waals surface area contributed by atoms with E-state index in [1.165, 1.54) is 4.90 Å². The fourth-order valence-corrected chi connectivity index (χ4v) is 3.58. The first-order valence-corrected chi connectivity index (χ1v) is 9.71. The SMILES string of the molecule is O=C1C(=O)N(Cc2ccccn2)C(c2ccccn2)/C1=C(/O)c1ccc(Br)cc1. The number of aliphatic hydroxyl groups is 1. The summed E-state index contributed by atoms with van der Waals surface area (Å²) in [5, 5.41) is 10.9. The number of hydrogen-bond acceptors (Lipinski definition) is 5. The molecule has 1 aliphatic rings. The summed E-state index contributed by atoms with van der Waals surface area (Å²) in [5.74, 6) is -1.66. The van der Waals surface area contributed by atoms with Crippen LogP contribution in [0.15, 0.2) is 83.1 Å². The Labute approximate surface area is 175 Å². The van der Waals surface area contributed by atoms with Crippen LogP contribution in [0.4, 0.5) is 0 Å². The van der Waals surface area contributed by atoms with Crippen LogP contribution in [-0.2, 0) is 16.1 Å². The zero-order valence-corrected chi connectivity index (χ0v) is 16.8. The lowest BCUT2D eigenvalue weighted by atomic mass is 9.98. The Kier molecular flexibility index (Phi) is 5.22. The molecule has 6 nitrogen and oxygen atoms in total. The van der Waals surface area contributed by atoms with Crippen molar-refractivity contribution in [3.63, 3.8) is 0 Å². The Bertz CT molecular complexity index is 1080. The molecular weight excluding hydrogens is 434 g/mol. The zero-order valence-electron chi connectivity index (χ0n) is 15.2. The highest BCUT2D eigenvalue weighted by Crippen LogP contribution is 2.39. The summed E-state index contributed by atoms with van der Waals surface area (Å²) in [6.45, 7) is 0.129. The molecule has 7 heteroatoms. The van der Waals surface area contributed by atoms with Gasteiger partial charge in [-0.2, -0.15) is 0 Å². The molecule has 3 heterocycles. The number of benzene rings is 1. The highest BCUT2D eigenvalue weighted by molar-refractivity contribution is 9.10. The number of aromatic nitrogens is 2. The van der Waals surface area contributed by atoms with Crippen molar-refractivity contribution in [3.8, 4) is 0 Å². The molecule has 1 aliphatic heterocycles. The van der Waals surface area contributed by atoms with Crippen LogP contribution in [0.2, 0.25) is 0 Å². The molecular formula is C22H16BrN3O3. The maximum atomic E-state index is 12.9.